The average molecular weight is 383 g/mol. The molecule has 0 N–H and O–H groups in total. The Hall–Kier alpha value is -1.86. The van der Waals surface area contributed by atoms with Crippen molar-refractivity contribution in [1.29, 1.82) is 0 Å². The minimum atomic E-state index is -3.67. The molecule has 0 spiro atoms. The minimum Gasteiger partial charge on any atom is -0.456 e. The van der Waals surface area contributed by atoms with E-state index in [-0.39, 0.29) is 15.5 Å². The molecule has 0 saturated heterocycles. The Morgan fingerprint density at radius 2 is 1.48 bits per heavy atom. The Morgan fingerprint density at radius 3 is 2.00 bits per heavy atom. The van der Waals surface area contributed by atoms with Crippen LogP contribution in [0.25, 0.3) is 0 Å². The number of ether oxygens (including phenoxy) is 1. The van der Waals surface area contributed by atoms with Crippen molar-refractivity contribution in [3.05, 3.63) is 47.5 Å². The Kier molecular flexibility index (Phi) is 5.30. The third kappa shape index (κ3) is 4.61. The lowest BCUT2D eigenvalue weighted by atomic mass is 10.0. The van der Waals surface area contributed by atoms with Gasteiger partial charge in [-0.1, -0.05) is 26.0 Å². The molecule has 0 atom stereocenters. The van der Waals surface area contributed by atoms with Crippen LogP contribution in [0.1, 0.15) is 30.9 Å². The fraction of sp³-hybridized carbons (Fsp3) is 0.333. The van der Waals surface area contributed by atoms with Crippen molar-refractivity contribution >= 4 is 19.7 Å². The monoisotopic (exact) mass is 382 g/mol. The molecule has 2 aromatic carbocycles. The summed E-state index contributed by atoms with van der Waals surface area (Å²) in [6, 6.07) is 9.65. The Labute approximate surface area is 149 Å². The van der Waals surface area contributed by atoms with E-state index < -0.39 is 19.7 Å². The molecule has 136 valence electrons. The van der Waals surface area contributed by atoms with Crippen molar-refractivity contribution in [3.63, 3.8) is 0 Å². The average Bonchev–Trinajstić information content (AvgIpc) is 2.47. The van der Waals surface area contributed by atoms with Crippen molar-refractivity contribution in [3.8, 4) is 11.5 Å². The van der Waals surface area contributed by atoms with Crippen LogP contribution in [0, 0.1) is 6.92 Å². The van der Waals surface area contributed by atoms with Crippen molar-refractivity contribution in [2.24, 2.45) is 0 Å². The lowest BCUT2D eigenvalue weighted by molar-refractivity contribution is 0.462. The topological polar surface area (TPSA) is 77.5 Å². The number of hydrogen-bond donors (Lipinski definition) is 0. The van der Waals surface area contributed by atoms with Crippen LogP contribution in [0.3, 0.4) is 0 Å². The van der Waals surface area contributed by atoms with Gasteiger partial charge in [0.25, 0.3) is 0 Å². The van der Waals surface area contributed by atoms with Crippen LogP contribution in [0.5, 0.6) is 11.5 Å². The van der Waals surface area contributed by atoms with E-state index in [1.54, 1.807) is 0 Å². The summed E-state index contributed by atoms with van der Waals surface area (Å²) in [5.74, 6) is 0.951. The molecule has 0 unspecified atom stereocenters. The molecular weight excluding hydrogens is 360 g/mol. The van der Waals surface area contributed by atoms with Crippen molar-refractivity contribution in [2.45, 2.75) is 36.5 Å². The zero-order chi connectivity index (χ0) is 19.0. The largest absolute Gasteiger partial charge is 0.456 e. The van der Waals surface area contributed by atoms with Crippen LogP contribution in [-0.4, -0.2) is 29.3 Å². The van der Waals surface area contributed by atoms with E-state index in [0.717, 1.165) is 29.7 Å². The molecule has 0 aromatic heterocycles. The summed E-state index contributed by atoms with van der Waals surface area (Å²) < 4.78 is 53.5. The molecule has 0 aliphatic carbocycles. The molecule has 0 heterocycles. The molecule has 0 aliphatic rings. The Bertz CT molecular complexity index is 1000. The van der Waals surface area contributed by atoms with Crippen molar-refractivity contribution in [1.82, 2.24) is 0 Å². The molecule has 0 amide bonds. The fourth-order valence-corrected chi connectivity index (χ4v) is 3.84. The molecule has 5 nitrogen and oxygen atoms in total. The van der Waals surface area contributed by atoms with Gasteiger partial charge in [0, 0.05) is 12.5 Å². The van der Waals surface area contributed by atoms with Gasteiger partial charge in [-0.25, -0.2) is 16.8 Å². The van der Waals surface area contributed by atoms with Crippen molar-refractivity contribution < 1.29 is 21.6 Å². The SMILES string of the molecule is Cc1ccc(C(C)C)cc1Oc1ccc(S(C)(=O)=O)cc1S(C)(=O)=O. The number of rotatable bonds is 5. The van der Waals surface area contributed by atoms with Gasteiger partial charge in [0.05, 0.1) is 4.90 Å². The fourth-order valence-electron chi connectivity index (χ4n) is 2.30. The normalized spacial score (nSPS) is 12.4. The van der Waals surface area contributed by atoms with Crippen molar-refractivity contribution in [2.75, 3.05) is 12.5 Å². The first-order valence-corrected chi connectivity index (χ1v) is 11.5. The first kappa shape index (κ1) is 19.5. The van der Waals surface area contributed by atoms with E-state index in [1.165, 1.54) is 12.1 Å². The Morgan fingerprint density at radius 1 is 0.840 bits per heavy atom. The molecule has 0 saturated carbocycles. The van der Waals surface area contributed by atoms with Crippen LogP contribution in [0.4, 0.5) is 0 Å². The molecule has 7 heteroatoms. The summed E-state index contributed by atoms with van der Waals surface area (Å²) in [4.78, 5) is -0.210. The summed E-state index contributed by atoms with van der Waals surface area (Å²) in [6.07, 6.45) is 2.06. The minimum absolute atomic E-state index is 0.0621. The number of aryl methyl sites for hydroxylation is 1. The van der Waals surface area contributed by atoms with Gasteiger partial charge in [-0.3, -0.25) is 0 Å². The predicted octanol–water partition coefficient (Wildman–Crippen LogP) is 3.72. The maximum absolute atomic E-state index is 12.1. The molecule has 2 aromatic rings. The lowest BCUT2D eigenvalue weighted by Crippen LogP contribution is -2.05. The van der Waals surface area contributed by atoms with E-state index in [2.05, 4.69) is 13.8 Å². The van der Waals surface area contributed by atoms with E-state index >= 15 is 0 Å². The van der Waals surface area contributed by atoms with Gasteiger partial charge in [-0.05, 0) is 48.2 Å². The van der Waals surface area contributed by atoms with Crippen LogP contribution < -0.4 is 4.74 Å². The second-order valence-electron chi connectivity index (χ2n) is 6.43. The number of hydrogen-bond acceptors (Lipinski definition) is 5. The highest BCUT2D eigenvalue weighted by molar-refractivity contribution is 7.91. The second-order valence-corrected chi connectivity index (χ2v) is 10.4. The highest BCUT2D eigenvalue weighted by Crippen LogP contribution is 2.34. The van der Waals surface area contributed by atoms with Gasteiger partial charge in [-0.2, -0.15) is 0 Å². The Balaban J connectivity index is 2.59. The standard InChI is InChI=1S/C18H22O5S2/c1-12(2)14-7-6-13(3)17(10-14)23-16-9-8-15(24(4,19)20)11-18(16)25(5,21)22/h6-12H,1-5H3. The predicted molar refractivity (Wildman–Crippen MR) is 98.0 cm³/mol. The maximum atomic E-state index is 12.1. The molecule has 0 aliphatic heterocycles. The van der Waals surface area contributed by atoms with Crippen LogP contribution in [0.2, 0.25) is 0 Å². The third-order valence-corrected chi connectivity index (χ3v) is 6.07. The lowest BCUT2D eigenvalue weighted by Gasteiger charge is -2.15. The van der Waals surface area contributed by atoms with E-state index in [4.69, 9.17) is 4.74 Å². The first-order valence-electron chi connectivity index (χ1n) is 7.72. The number of benzene rings is 2. The van der Waals surface area contributed by atoms with Gasteiger partial charge in [0.1, 0.15) is 16.4 Å². The van der Waals surface area contributed by atoms with E-state index in [9.17, 15) is 16.8 Å². The van der Waals surface area contributed by atoms with Gasteiger partial charge < -0.3 is 4.74 Å². The molecule has 0 radical (unpaired) electrons. The summed E-state index contributed by atoms with van der Waals surface area (Å²) >= 11 is 0. The van der Waals surface area contributed by atoms with Gasteiger partial charge in [0.2, 0.25) is 0 Å². The third-order valence-electron chi connectivity index (χ3n) is 3.84. The summed E-state index contributed by atoms with van der Waals surface area (Å²) in [7, 11) is -7.19. The van der Waals surface area contributed by atoms with E-state index in [1.807, 2.05) is 25.1 Å². The van der Waals surface area contributed by atoms with Crippen LogP contribution in [-0.2, 0) is 19.7 Å². The highest BCUT2D eigenvalue weighted by Gasteiger charge is 2.20. The van der Waals surface area contributed by atoms with Crippen LogP contribution in [0.15, 0.2) is 46.2 Å². The van der Waals surface area contributed by atoms with Crippen LogP contribution >= 0.6 is 0 Å². The first-order chi connectivity index (χ1) is 11.4. The molecule has 0 fully saturated rings. The molecule has 2 rings (SSSR count). The zero-order valence-electron chi connectivity index (χ0n) is 14.9. The smallest absolute Gasteiger partial charge is 0.179 e. The summed E-state index contributed by atoms with van der Waals surface area (Å²) in [6.45, 7) is 5.97. The van der Waals surface area contributed by atoms with Gasteiger partial charge >= 0.3 is 0 Å². The molecule has 0 bridgehead atoms. The zero-order valence-corrected chi connectivity index (χ0v) is 16.5. The highest BCUT2D eigenvalue weighted by atomic mass is 32.2. The summed E-state index contributed by atoms with van der Waals surface area (Å²) in [5.41, 5.74) is 1.92. The van der Waals surface area contributed by atoms with E-state index in [0.29, 0.717) is 11.7 Å². The number of sulfone groups is 2. The quantitative estimate of drug-likeness (QED) is 0.788. The maximum Gasteiger partial charge on any atom is 0.179 e. The molecule has 25 heavy (non-hydrogen) atoms. The van der Waals surface area contributed by atoms with Gasteiger partial charge in [-0.15, -0.1) is 0 Å². The second kappa shape index (κ2) is 6.80. The van der Waals surface area contributed by atoms with Gasteiger partial charge in [0.15, 0.2) is 19.7 Å². The molecular formula is C18H22O5S2. The summed E-state index contributed by atoms with van der Waals surface area (Å²) in [5, 5.41) is 0.